The zero-order chi connectivity index (χ0) is 19.5. The maximum Gasteiger partial charge on any atom is 0.351 e. The SMILES string of the molecule is CC1CCC(C(C)C)C(OC=O)(C(=O)O[C@@H]2C[C@H](C(C)C)CC[C@@H]2C)C1. The lowest BCUT2D eigenvalue weighted by atomic mass is 9.66. The summed E-state index contributed by atoms with van der Waals surface area (Å²) in [6, 6.07) is 0. The second-order valence-electron chi connectivity index (χ2n) is 9.58. The van der Waals surface area contributed by atoms with Crippen LogP contribution < -0.4 is 0 Å². The number of ether oxygens (including phenoxy) is 2. The molecule has 150 valence electrons. The summed E-state index contributed by atoms with van der Waals surface area (Å²) in [4.78, 5) is 24.7. The number of hydrogen-bond donors (Lipinski definition) is 0. The topological polar surface area (TPSA) is 52.6 Å². The highest BCUT2D eigenvalue weighted by molar-refractivity contribution is 5.82. The third-order valence-electron chi connectivity index (χ3n) is 6.99. The van der Waals surface area contributed by atoms with E-state index in [0.717, 1.165) is 25.7 Å². The number of hydrogen-bond acceptors (Lipinski definition) is 4. The van der Waals surface area contributed by atoms with Gasteiger partial charge in [0.1, 0.15) is 6.10 Å². The molecule has 0 heterocycles. The smallest absolute Gasteiger partial charge is 0.351 e. The van der Waals surface area contributed by atoms with Crippen LogP contribution in [0.3, 0.4) is 0 Å². The molecule has 0 bridgehead atoms. The molecular formula is C22H38O4. The molecule has 3 unspecified atom stereocenters. The van der Waals surface area contributed by atoms with Crippen LogP contribution in [0.25, 0.3) is 0 Å². The largest absolute Gasteiger partial charge is 0.459 e. The van der Waals surface area contributed by atoms with Crippen molar-refractivity contribution in [1.82, 2.24) is 0 Å². The van der Waals surface area contributed by atoms with Gasteiger partial charge in [-0.25, -0.2) is 4.79 Å². The first-order chi connectivity index (χ1) is 12.2. The van der Waals surface area contributed by atoms with Crippen LogP contribution in [0.5, 0.6) is 0 Å². The Balaban J connectivity index is 2.22. The van der Waals surface area contributed by atoms with E-state index in [4.69, 9.17) is 9.47 Å². The molecule has 4 nitrogen and oxygen atoms in total. The van der Waals surface area contributed by atoms with E-state index in [1.54, 1.807) is 0 Å². The van der Waals surface area contributed by atoms with Crippen molar-refractivity contribution in [3.8, 4) is 0 Å². The minimum atomic E-state index is -1.11. The molecule has 0 saturated heterocycles. The zero-order valence-electron chi connectivity index (χ0n) is 17.5. The molecule has 4 heteroatoms. The van der Waals surface area contributed by atoms with Gasteiger partial charge in [0, 0.05) is 12.3 Å². The third kappa shape index (κ3) is 4.43. The zero-order valence-corrected chi connectivity index (χ0v) is 17.5. The Morgan fingerprint density at radius 2 is 1.73 bits per heavy atom. The van der Waals surface area contributed by atoms with Gasteiger partial charge in [0.05, 0.1) is 0 Å². The van der Waals surface area contributed by atoms with Crippen molar-refractivity contribution in [3.05, 3.63) is 0 Å². The highest BCUT2D eigenvalue weighted by Crippen LogP contribution is 2.45. The van der Waals surface area contributed by atoms with E-state index in [2.05, 4.69) is 41.5 Å². The van der Waals surface area contributed by atoms with Gasteiger partial charge >= 0.3 is 5.97 Å². The fraction of sp³-hybridized carbons (Fsp3) is 0.909. The van der Waals surface area contributed by atoms with Gasteiger partial charge in [0.25, 0.3) is 6.47 Å². The van der Waals surface area contributed by atoms with Gasteiger partial charge in [0.2, 0.25) is 5.60 Å². The molecule has 0 amide bonds. The average Bonchev–Trinajstić information content (AvgIpc) is 2.56. The molecule has 0 aromatic carbocycles. The van der Waals surface area contributed by atoms with Crippen molar-refractivity contribution in [2.75, 3.05) is 0 Å². The summed E-state index contributed by atoms with van der Waals surface area (Å²) < 4.78 is 11.7. The molecular weight excluding hydrogens is 328 g/mol. The van der Waals surface area contributed by atoms with Gasteiger partial charge in [-0.05, 0) is 55.3 Å². The summed E-state index contributed by atoms with van der Waals surface area (Å²) in [6.45, 7) is 13.5. The number of carbonyl (C=O) groups is 2. The lowest BCUT2D eigenvalue weighted by molar-refractivity contribution is -0.200. The van der Waals surface area contributed by atoms with Crippen molar-refractivity contribution in [2.24, 2.45) is 35.5 Å². The van der Waals surface area contributed by atoms with Gasteiger partial charge in [-0.2, -0.15) is 0 Å². The van der Waals surface area contributed by atoms with Gasteiger partial charge in [0.15, 0.2) is 0 Å². The third-order valence-corrected chi connectivity index (χ3v) is 6.99. The van der Waals surface area contributed by atoms with Gasteiger partial charge < -0.3 is 9.47 Å². The Labute approximate surface area is 159 Å². The molecule has 6 atom stereocenters. The van der Waals surface area contributed by atoms with Gasteiger partial charge in [-0.1, -0.05) is 48.0 Å². The molecule has 0 radical (unpaired) electrons. The van der Waals surface area contributed by atoms with Crippen LogP contribution in [-0.2, 0) is 19.1 Å². The molecule has 0 aromatic rings. The highest BCUT2D eigenvalue weighted by Gasteiger charge is 2.54. The van der Waals surface area contributed by atoms with Crippen LogP contribution in [-0.4, -0.2) is 24.1 Å². The molecule has 26 heavy (non-hydrogen) atoms. The fourth-order valence-electron chi connectivity index (χ4n) is 5.16. The summed E-state index contributed by atoms with van der Waals surface area (Å²) in [5.41, 5.74) is -1.11. The first kappa shape index (κ1) is 21.2. The Hall–Kier alpha value is -1.06. The van der Waals surface area contributed by atoms with E-state index >= 15 is 0 Å². The van der Waals surface area contributed by atoms with Crippen LogP contribution in [0.2, 0.25) is 0 Å². The fourth-order valence-corrected chi connectivity index (χ4v) is 5.16. The minimum absolute atomic E-state index is 0.0243. The minimum Gasteiger partial charge on any atom is -0.459 e. The molecule has 2 aliphatic carbocycles. The second kappa shape index (κ2) is 8.75. The predicted octanol–water partition coefficient (Wildman–Crippen LogP) is 4.99. The van der Waals surface area contributed by atoms with Crippen LogP contribution in [0.15, 0.2) is 0 Å². The van der Waals surface area contributed by atoms with Crippen molar-refractivity contribution >= 4 is 12.4 Å². The monoisotopic (exact) mass is 366 g/mol. The predicted molar refractivity (Wildman–Crippen MR) is 102 cm³/mol. The van der Waals surface area contributed by atoms with E-state index in [9.17, 15) is 9.59 Å². The first-order valence-electron chi connectivity index (χ1n) is 10.5. The lowest BCUT2D eigenvalue weighted by Gasteiger charge is -2.45. The van der Waals surface area contributed by atoms with Crippen molar-refractivity contribution in [2.45, 2.75) is 91.8 Å². The van der Waals surface area contributed by atoms with E-state index < -0.39 is 5.60 Å². The standard InChI is InChI=1S/C22H38O4/c1-14(2)18-9-8-17(6)20(11-18)26-21(24)22(25-13-23)12-16(5)7-10-19(22)15(3)4/h13-20H,7-12H2,1-6H3/t16?,17-,18+,19?,20+,22?/m0/s1. The van der Waals surface area contributed by atoms with Gasteiger partial charge in [-0.3, -0.25) is 4.79 Å². The molecule has 2 fully saturated rings. The number of rotatable bonds is 6. The summed E-state index contributed by atoms with van der Waals surface area (Å²) in [5.74, 6) is 1.89. The maximum absolute atomic E-state index is 13.4. The Kier molecular flexibility index (Phi) is 7.15. The van der Waals surface area contributed by atoms with Crippen molar-refractivity contribution in [3.63, 3.8) is 0 Å². The van der Waals surface area contributed by atoms with Crippen LogP contribution in [0.1, 0.15) is 80.1 Å². The van der Waals surface area contributed by atoms with Crippen LogP contribution in [0, 0.1) is 35.5 Å². The Morgan fingerprint density at radius 1 is 1.04 bits per heavy atom. The average molecular weight is 367 g/mol. The first-order valence-corrected chi connectivity index (χ1v) is 10.5. The Morgan fingerprint density at radius 3 is 2.31 bits per heavy atom. The van der Waals surface area contributed by atoms with E-state index in [1.165, 1.54) is 6.42 Å². The van der Waals surface area contributed by atoms with Crippen molar-refractivity contribution < 1.29 is 19.1 Å². The summed E-state index contributed by atoms with van der Waals surface area (Å²) >= 11 is 0. The van der Waals surface area contributed by atoms with Gasteiger partial charge in [-0.15, -0.1) is 0 Å². The molecule has 0 N–H and O–H groups in total. The molecule has 0 aliphatic heterocycles. The van der Waals surface area contributed by atoms with E-state index in [-0.39, 0.29) is 23.9 Å². The number of carbonyl (C=O) groups excluding carboxylic acids is 2. The summed E-state index contributed by atoms with van der Waals surface area (Å²) in [7, 11) is 0. The highest BCUT2D eigenvalue weighted by atomic mass is 16.6. The van der Waals surface area contributed by atoms with Crippen molar-refractivity contribution in [1.29, 1.82) is 0 Å². The molecule has 0 aromatic heterocycles. The lowest BCUT2D eigenvalue weighted by Crippen LogP contribution is -2.55. The molecule has 2 rings (SSSR count). The molecule has 2 saturated carbocycles. The maximum atomic E-state index is 13.4. The quantitative estimate of drug-likeness (QED) is 0.490. The molecule has 2 aliphatic rings. The number of esters is 1. The molecule has 0 spiro atoms. The summed E-state index contributed by atoms with van der Waals surface area (Å²) in [5, 5.41) is 0. The van der Waals surface area contributed by atoms with E-state index in [1.807, 2.05) is 0 Å². The van der Waals surface area contributed by atoms with Crippen LogP contribution >= 0.6 is 0 Å². The van der Waals surface area contributed by atoms with Crippen LogP contribution in [0.4, 0.5) is 0 Å². The second-order valence-corrected chi connectivity index (χ2v) is 9.58. The summed E-state index contributed by atoms with van der Waals surface area (Å²) in [6.07, 6.45) is 5.68. The normalized spacial score (nSPS) is 38.2. The Bertz CT molecular complexity index is 487. The van der Waals surface area contributed by atoms with E-state index in [0.29, 0.717) is 36.6 Å².